The molecule has 0 saturated heterocycles. The van der Waals surface area contributed by atoms with Crippen molar-refractivity contribution in [3.63, 3.8) is 0 Å². The van der Waals surface area contributed by atoms with Gasteiger partial charge in [0.05, 0.1) is 11.5 Å². The molecule has 0 spiro atoms. The maximum Gasteiger partial charge on any atom is 0.306 e. The molecule has 0 aliphatic heterocycles. The summed E-state index contributed by atoms with van der Waals surface area (Å²) < 4.78 is 11.2. The third-order valence-corrected chi connectivity index (χ3v) is 9.00. The molecule has 0 aliphatic rings. The van der Waals surface area contributed by atoms with E-state index in [4.69, 9.17) is 9.47 Å². The van der Waals surface area contributed by atoms with Gasteiger partial charge in [-0.15, -0.1) is 0 Å². The molecule has 0 fully saturated rings. The van der Waals surface area contributed by atoms with Gasteiger partial charge in [-0.05, 0) is 77.4 Å². The molecule has 0 radical (unpaired) electrons. The van der Waals surface area contributed by atoms with Gasteiger partial charge in [0.15, 0.2) is 5.82 Å². The molecule has 0 saturated carbocycles. The minimum Gasteiger partial charge on any atom is -0.466 e. The van der Waals surface area contributed by atoms with Crippen LogP contribution in [0.4, 0.5) is 0 Å². The molecule has 0 rings (SSSR count). The molecule has 2 N–H and O–H groups in total. The number of hydrogen-bond donors (Lipinski definition) is 2. The van der Waals surface area contributed by atoms with E-state index in [0.29, 0.717) is 31.8 Å². The second-order valence-corrected chi connectivity index (χ2v) is 13.6. The Balaban J connectivity index is 4.35. The minimum absolute atomic E-state index is 0.0268. The average molecular weight is 697 g/mol. The van der Waals surface area contributed by atoms with Gasteiger partial charge in [-0.2, -0.15) is 0 Å². The molecule has 0 amide bonds. The topological polar surface area (TPSA) is 123 Å². The standard InChI is InChI=1S/C39H76N4O6/c1-5-8-11-14-20-28-38(44)48-34-24-18-13-17-23-32-42(33-25-30-41-37(40-4)35-43(46)47)31-22-16-12-15-21-29-39(45)49-36(26-10-7-3)27-19-9-6-2/h35-36,40-41H,5-34H2,1-4H3/b37-35+. The van der Waals surface area contributed by atoms with Crippen molar-refractivity contribution in [3.05, 3.63) is 22.1 Å². The number of nitrogens with one attached hydrogen (secondary N) is 2. The SMILES string of the molecule is CCCCCCCC(=O)OCCCCCCCN(CCCCCCCC(=O)OC(CCCC)CCCCC)CCCN/C(=C/[N+](=O)[O-])NC. The highest BCUT2D eigenvalue weighted by Gasteiger charge is 2.14. The summed E-state index contributed by atoms with van der Waals surface area (Å²) in [6.45, 7) is 10.8. The molecule has 0 aromatic carbocycles. The Morgan fingerprint density at radius 1 is 0.673 bits per heavy atom. The van der Waals surface area contributed by atoms with Crippen LogP contribution >= 0.6 is 0 Å². The van der Waals surface area contributed by atoms with Gasteiger partial charge in [0.25, 0.3) is 6.20 Å². The van der Waals surface area contributed by atoms with Crippen molar-refractivity contribution in [3.8, 4) is 0 Å². The Morgan fingerprint density at radius 2 is 1.18 bits per heavy atom. The van der Waals surface area contributed by atoms with E-state index >= 15 is 0 Å². The highest BCUT2D eigenvalue weighted by Crippen LogP contribution is 2.16. The molecular weight excluding hydrogens is 620 g/mol. The predicted octanol–water partition coefficient (Wildman–Crippen LogP) is 9.44. The van der Waals surface area contributed by atoms with E-state index in [1.807, 2.05) is 0 Å². The lowest BCUT2D eigenvalue weighted by atomic mass is 10.1. The summed E-state index contributed by atoms with van der Waals surface area (Å²) >= 11 is 0. The number of ether oxygens (including phenoxy) is 2. The minimum atomic E-state index is -0.452. The quantitative estimate of drug-likeness (QED) is 0.0283. The van der Waals surface area contributed by atoms with Gasteiger partial charge in [-0.3, -0.25) is 19.7 Å². The number of carbonyl (C=O) groups is 2. The Labute approximate surface area is 300 Å². The van der Waals surface area contributed by atoms with Crippen LogP contribution in [0.25, 0.3) is 0 Å². The van der Waals surface area contributed by atoms with Gasteiger partial charge in [0.2, 0.25) is 0 Å². The Morgan fingerprint density at radius 3 is 1.80 bits per heavy atom. The zero-order chi connectivity index (χ0) is 36.2. The monoisotopic (exact) mass is 697 g/mol. The summed E-state index contributed by atoms with van der Waals surface area (Å²) in [6, 6.07) is 0. The van der Waals surface area contributed by atoms with Crippen LogP contribution in [-0.2, 0) is 19.1 Å². The van der Waals surface area contributed by atoms with Crippen LogP contribution in [0.2, 0.25) is 0 Å². The predicted molar refractivity (Wildman–Crippen MR) is 202 cm³/mol. The van der Waals surface area contributed by atoms with Gasteiger partial charge >= 0.3 is 11.9 Å². The molecule has 0 aromatic heterocycles. The van der Waals surface area contributed by atoms with Crippen molar-refractivity contribution < 1.29 is 24.0 Å². The summed E-state index contributed by atoms with van der Waals surface area (Å²) in [5, 5.41) is 16.8. The molecule has 1 unspecified atom stereocenters. The van der Waals surface area contributed by atoms with Crippen molar-refractivity contribution in [1.82, 2.24) is 15.5 Å². The number of hydrogen-bond acceptors (Lipinski definition) is 9. The normalized spacial score (nSPS) is 12.2. The zero-order valence-corrected chi connectivity index (χ0v) is 32.2. The maximum atomic E-state index is 12.5. The second kappa shape index (κ2) is 35.5. The van der Waals surface area contributed by atoms with Crippen LogP contribution in [0.1, 0.15) is 181 Å². The summed E-state index contributed by atoms with van der Waals surface area (Å²) in [5.74, 6) is 0.344. The lowest BCUT2D eigenvalue weighted by Crippen LogP contribution is -2.31. The fourth-order valence-corrected chi connectivity index (χ4v) is 5.96. The molecule has 1 atom stereocenters. The van der Waals surface area contributed by atoms with E-state index in [9.17, 15) is 19.7 Å². The highest BCUT2D eigenvalue weighted by atomic mass is 16.6. The van der Waals surface area contributed by atoms with E-state index in [0.717, 1.165) is 141 Å². The van der Waals surface area contributed by atoms with E-state index in [-0.39, 0.29) is 18.0 Å². The van der Waals surface area contributed by atoms with Crippen molar-refractivity contribution in [2.75, 3.05) is 39.8 Å². The molecule has 0 aromatic rings. The van der Waals surface area contributed by atoms with E-state index in [2.05, 4.69) is 36.3 Å². The van der Waals surface area contributed by atoms with Crippen LogP contribution in [0, 0.1) is 10.1 Å². The highest BCUT2D eigenvalue weighted by molar-refractivity contribution is 5.69. The van der Waals surface area contributed by atoms with Gasteiger partial charge < -0.3 is 25.0 Å². The molecule has 288 valence electrons. The molecular formula is C39H76N4O6. The fourth-order valence-electron chi connectivity index (χ4n) is 5.96. The van der Waals surface area contributed by atoms with Crippen molar-refractivity contribution in [2.45, 2.75) is 187 Å². The zero-order valence-electron chi connectivity index (χ0n) is 32.2. The molecule has 49 heavy (non-hydrogen) atoms. The average Bonchev–Trinajstić information content (AvgIpc) is 3.08. The van der Waals surface area contributed by atoms with Crippen LogP contribution in [-0.4, -0.2) is 67.7 Å². The summed E-state index contributed by atoms with van der Waals surface area (Å²) in [6.07, 6.45) is 27.3. The number of carbonyl (C=O) groups excluding carboxylic acids is 2. The first-order valence-electron chi connectivity index (χ1n) is 20.2. The molecule has 0 heterocycles. The molecule has 0 aliphatic carbocycles. The van der Waals surface area contributed by atoms with E-state index in [1.165, 1.54) is 32.1 Å². The lowest BCUT2D eigenvalue weighted by Gasteiger charge is -2.22. The van der Waals surface area contributed by atoms with Gasteiger partial charge in [-0.1, -0.05) is 111 Å². The van der Waals surface area contributed by atoms with E-state index in [1.54, 1.807) is 7.05 Å². The second-order valence-electron chi connectivity index (χ2n) is 13.6. The van der Waals surface area contributed by atoms with Gasteiger partial charge in [0, 0.05) is 26.4 Å². The Bertz CT molecular complexity index is 825. The van der Waals surface area contributed by atoms with E-state index < -0.39 is 4.92 Å². The smallest absolute Gasteiger partial charge is 0.306 e. The van der Waals surface area contributed by atoms with Crippen molar-refractivity contribution in [1.29, 1.82) is 0 Å². The number of unbranched alkanes of at least 4 members (excludes halogenated alkanes) is 15. The van der Waals surface area contributed by atoms with Gasteiger partial charge in [0.1, 0.15) is 6.10 Å². The van der Waals surface area contributed by atoms with Crippen LogP contribution in [0.3, 0.4) is 0 Å². The fraction of sp³-hybridized carbons (Fsp3) is 0.897. The summed E-state index contributed by atoms with van der Waals surface area (Å²) in [7, 11) is 1.68. The molecule has 0 bridgehead atoms. The molecule has 10 heteroatoms. The maximum absolute atomic E-state index is 12.5. The first-order valence-corrected chi connectivity index (χ1v) is 20.2. The number of esters is 2. The van der Waals surface area contributed by atoms with Crippen LogP contribution < -0.4 is 10.6 Å². The Kier molecular flexibility index (Phi) is 33.8. The van der Waals surface area contributed by atoms with Gasteiger partial charge in [-0.25, -0.2) is 0 Å². The van der Waals surface area contributed by atoms with Crippen molar-refractivity contribution >= 4 is 11.9 Å². The first kappa shape index (κ1) is 46.6. The Hall–Kier alpha value is -2.36. The third kappa shape index (κ3) is 32.6. The third-order valence-electron chi connectivity index (χ3n) is 9.00. The lowest BCUT2D eigenvalue weighted by molar-refractivity contribution is -0.404. The molecule has 10 nitrogen and oxygen atoms in total. The number of nitro groups is 1. The van der Waals surface area contributed by atoms with Crippen molar-refractivity contribution in [2.24, 2.45) is 0 Å². The van der Waals surface area contributed by atoms with Crippen LogP contribution in [0.5, 0.6) is 0 Å². The number of rotatable bonds is 37. The van der Waals surface area contributed by atoms with Crippen LogP contribution in [0.15, 0.2) is 12.0 Å². The first-order chi connectivity index (χ1) is 23.9. The number of nitrogens with zero attached hydrogens (tertiary/aromatic N) is 2. The largest absolute Gasteiger partial charge is 0.466 e. The summed E-state index contributed by atoms with van der Waals surface area (Å²) in [5.41, 5.74) is 0. The summed E-state index contributed by atoms with van der Waals surface area (Å²) in [4.78, 5) is 37.2.